The minimum atomic E-state index is 0.110. The molecular formula is C16H18N2O2. The minimum absolute atomic E-state index is 0.110. The van der Waals surface area contributed by atoms with Crippen LogP contribution < -0.4 is 5.32 Å². The molecule has 0 bridgehead atoms. The second kappa shape index (κ2) is 5.12. The van der Waals surface area contributed by atoms with Crippen LogP contribution >= 0.6 is 0 Å². The first kappa shape index (κ1) is 12.9. The SMILES string of the molecule is CNc1onc2c1CC(c1ccc(C(C)=O)cc1)CC2. The van der Waals surface area contributed by atoms with Crippen LogP contribution in [-0.4, -0.2) is 18.0 Å². The van der Waals surface area contributed by atoms with Crippen LogP contribution in [-0.2, 0) is 12.8 Å². The zero-order chi connectivity index (χ0) is 14.1. The average Bonchev–Trinajstić information content (AvgIpc) is 2.89. The largest absolute Gasteiger partial charge is 0.357 e. The molecule has 0 aliphatic heterocycles. The topological polar surface area (TPSA) is 55.1 Å². The van der Waals surface area contributed by atoms with E-state index in [-0.39, 0.29) is 5.78 Å². The molecule has 0 spiro atoms. The fraction of sp³-hybridized carbons (Fsp3) is 0.375. The Morgan fingerprint density at radius 1 is 1.35 bits per heavy atom. The Morgan fingerprint density at radius 2 is 2.10 bits per heavy atom. The molecule has 1 unspecified atom stereocenters. The third-order valence-electron chi connectivity index (χ3n) is 4.07. The first-order chi connectivity index (χ1) is 9.69. The summed E-state index contributed by atoms with van der Waals surface area (Å²) in [6, 6.07) is 7.97. The van der Waals surface area contributed by atoms with Gasteiger partial charge in [-0.3, -0.25) is 4.79 Å². The standard InChI is InChI=1S/C16H18N2O2/c1-10(19)11-3-5-12(6-4-11)13-7-8-15-14(9-13)16(17-2)20-18-15/h3-6,13,17H,7-9H2,1-2H3. The van der Waals surface area contributed by atoms with E-state index < -0.39 is 0 Å². The Hall–Kier alpha value is -2.10. The fourth-order valence-corrected chi connectivity index (χ4v) is 2.88. The minimum Gasteiger partial charge on any atom is -0.357 e. The number of ketones is 1. The van der Waals surface area contributed by atoms with E-state index in [1.54, 1.807) is 6.92 Å². The van der Waals surface area contributed by atoms with Crippen molar-refractivity contribution in [1.82, 2.24) is 5.16 Å². The molecule has 4 heteroatoms. The average molecular weight is 270 g/mol. The summed E-state index contributed by atoms with van der Waals surface area (Å²) in [5.41, 5.74) is 4.32. The van der Waals surface area contributed by atoms with Crippen LogP contribution in [0, 0.1) is 0 Å². The van der Waals surface area contributed by atoms with Gasteiger partial charge in [-0.15, -0.1) is 0 Å². The van der Waals surface area contributed by atoms with Gasteiger partial charge in [0.05, 0.1) is 5.69 Å². The van der Waals surface area contributed by atoms with E-state index in [0.29, 0.717) is 5.92 Å². The van der Waals surface area contributed by atoms with Crippen molar-refractivity contribution in [3.8, 4) is 0 Å². The number of anilines is 1. The second-order valence-corrected chi connectivity index (χ2v) is 5.30. The van der Waals surface area contributed by atoms with E-state index in [1.165, 1.54) is 11.1 Å². The normalized spacial score (nSPS) is 17.6. The molecule has 1 aromatic carbocycles. The van der Waals surface area contributed by atoms with Crippen molar-refractivity contribution in [3.63, 3.8) is 0 Å². The van der Waals surface area contributed by atoms with Gasteiger partial charge in [0.2, 0.25) is 5.88 Å². The lowest BCUT2D eigenvalue weighted by molar-refractivity contribution is 0.101. The third-order valence-corrected chi connectivity index (χ3v) is 4.07. The number of Topliss-reactive ketones (excluding diaryl/α,β-unsaturated/α-hetero) is 1. The Kier molecular flexibility index (Phi) is 3.30. The summed E-state index contributed by atoms with van der Waals surface area (Å²) in [6.07, 6.45) is 2.95. The summed E-state index contributed by atoms with van der Waals surface area (Å²) in [5, 5.41) is 7.17. The van der Waals surface area contributed by atoms with E-state index in [1.807, 2.05) is 19.2 Å². The number of nitrogens with one attached hydrogen (secondary N) is 1. The van der Waals surface area contributed by atoms with Gasteiger partial charge < -0.3 is 9.84 Å². The smallest absolute Gasteiger partial charge is 0.227 e. The van der Waals surface area contributed by atoms with Crippen LogP contribution in [0.1, 0.15) is 46.4 Å². The first-order valence-electron chi connectivity index (χ1n) is 6.95. The van der Waals surface area contributed by atoms with Crippen molar-refractivity contribution in [2.45, 2.75) is 32.1 Å². The number of rotatable bonds is 3. The Morgan fingerprint density at radius 3 is 2.75 bits per heavy atom. The van der Waals surface area contributed by atoms with Crippen LogP contribution in [0.3, 0.4) is 0 Å². The highest BCUT2D eigenvalue weighted by molar-refractivity contribution is 5.94. The highest BCUT2D eigenvalue weighted by Gasteiger charge is 2.26. The molecule has 0 amide bonds. The summed E-state index contributed by atoms with van der Waals surface area (Å²) in [5.74, 6) is 1.36. The molecule has 0 radical (unpaired) electrons. The number of hydrogen-bond donors (Lipinski definition) is 1. The van der Waals surface area contributed by atoms with Crippen molar-refractivity contribution in [1.29, 1.82) is 0 Å². The molecule has 20 heavy (non-hydrogen) atoms. The summed E-state index contributed by atoms with van der Waals surface area (Å²) in [4.78, 5) is 11.3. The van der Waals surface area contributed by atoms with E-state index in [2.05, 4.69) is 22.6 Å². The molecule has 0 saturated heterocycles. The van der Waals surface area contributed by atoms with Gasteiger partial charge in [0.25, 0.3) is 0 Å². The third kappa shape index (κ3) is 2.22. The van der Waals surface area contributed by atoms with Crippen molar-refractivity contribution in [2.75, 3.05) is 12.4 Å². The molecule has 0 saturated carbocycles. The van der Waals surface area contributed by atoms with Gasteiger partial charge in [-0.25, -0.2) is 0 Å². The van der Waals surface area contributed by atoms with Crippen LogP contribution in [0.5, 0.6) is 0 Å². The lowest BCUT2D eigenvalue weighted by Crippen LogP contribution is -2.13. The molecule has 1 aromatic heterocycles. The molecular weight excluding hydrogens is 252 g/mol. The van der Waals surface area contributed by atoms with E-state index >= 15 is 0 Å². The van der Waals surface area contributed by atoms with E-state index in [9.17, 15) is 4.79 Å². The van der Waals surface area contributed by atoms with Crippen molar-refractivity contribution >= 4 is 11.7 Å². The van der Waals surface area contributed by atoms with Gasteiger partial charge in [0.1, 0.15) is 0 Å². The van der Waals surface area contributed by atoms with E-state index in [0.717, 1.165) is 36.4 Å². The fourth-order valence-electron chi connectivity index (χ4n) is 2.88. The number of hydrogen-bond acceptors (Lipinski definition) is 4. The highest BCUT2D eigenvalue weighted by atomic mass is 16.5. The zero-order valence-corrected chi connectivity index (χ0v) is 11.8. The predicted molar refractivity (Wildman–Crippen MR) is 77.3 cm³/mol. The summed E-state index contributed by atoms with van der Waals surface area (Å²) in [6.45, 7) is 1.60. The molecule has 4 nitrogen and oxygen atoms in total. The number of aryl methyl sites for hydroxylation is 1. The van der Waals surface area contributed by atoms with Crippen molar-refractivity contribution < 1.29 is 9.32 Å². The Bertz CT molecular complexity index is 615. The summed E-state index contributed by atoms with van der Waals surface area (Å²) in [7, 11) is 1.85. The zero-order valence-electron chi connectivity index (χ0n) is 11.8. The molecule has 1 N–H and O–H groups in total. The second-order valence-electron chi connectivity index (χ2n) is 5.30. The molecule has 1 aliphatic carbocycles. The van der Waals surface area contributed by atoms with Gasteiger partial charge in [-0.1, -0.05) is 29.4 Å². The molecule has 104 valence electrons. The first-order valence-corrected chi connectivity index (χ1v) is 6.95. The monoisotopic (exact) mass is 270 g/mol. The van der Waals surface area contributed by atoms with Crippen molar-refractivity contribution in [2.24, 2.45) is 0 Å². The number of nitrogens with zero attached hydrogens (tertiary/aromatic N) is 1. The van der Waals surface area contributed by atoms with Crippen LogP contribution in [0.2, 0.25) is 0 Å². The number of benzene rings is 1. The molecule has 2 aromatic rings. The number of carbonyl (C=O) groups is 1. The van der Waals surface area contributed by atoms with Gasteiger partial charge in [0.15, 0.2) is 5.78 Å². The lowest BCUT2D eigenvalue weighted by atomic mass is 9.82. The highest BCUT2D eigenvalue weighted by Crippen LogP contribution is 2.35. The lowest BCUT2D eigenvalue weighted by Gasteiger charge is -2.21. The molecule has 0 fully saturated rings. The van der Waals surface area contributed by atoms with Crippen LogP contribution in [0.4, 0.5) is 5.88 Å². The van der Waals surface area contributed by atoms with Crippen LogP contribution in [0.25, 0.3) is 0 Å². The molecule has 1 atom stereocenters. The Balaban J connectivity index is 1.84. The molecule has 3 rings (SSSR count). The van der Waals surface area contributed by atoms with Gasteiger partial charge in [0, 0.05) is 18.2 Å². The molecule has 1 aliphatic rings. The maximum Gasteiger partial charge on any atom is 0.227 e. The molecule has 1 heterocycles. The predicted octanol–water partition coefficient (Wildman–Crippen LogP) is 3.19. The van der Waals surface area contributed by atoms with Crippen LogP contribution in [0.15, 0.2) is 28.8 Å². The summed E-state index contributed by atoms with van der Waals surface area (Å²) >= 11 is 0. The maximum atomic E-state index is 11.3. The summed E-state index contributed by atoms with van der Waals surface area (Å²) < 4.78 is 5.30. The van der Waals surface area contributed by atoms with Gasteiger partial charge >= 0.3 is 0 Å². The number of aromatic nitrogens is 1. The number of fused-ring (bicyclic) bond motifs is 1. The van der Waals surface area contributed by atoms with Gasteiger partial charge in [-0.05, 0) is 37.7 Å². The Labute approximate surface area is 118 Å². The maximum absolute atomic E-state index is 11.3. The van der Waals surface area contributed by atoms with Gasteiger partial charge in [-0.2, -0.15) is 0 Å². The van der Waals surface area contributed by atoms with Crippen molar-refractivity contribution in [3.05, 3.63) is 46.6 Å². The quantitative estimate of drug-likeness (QED) is 0.870. The number of carbonyl (C=O) groups excluding carboxylic acids is 1. The van der Waals surface area contributed by atoms with E-state index in [4.69, 9.17) is 4.52 Å².